The van der Waals surface area contributed by atoms with E-state index in [1.807, 2.05) is 0 Å². The van der Waals surface area contributed by atoms with E-state index in [0.29, 0.717) is 6.04 Å². The predicted molar refractivity (Wildman–Crippen MR) is 52.1 cm³/mol. The monoisotopic (exact) mass is 163 g/mol. The van der Waals surface area contributed by atoms with E-state index in [1.165, 1.54) is 36.8 Å². The number of nitrogens with one attached hydrogen (secondary N) is 1. The van der Waals surface area contributed by atoms with Crippen LogP contribution in [-0.4, -0.2) is 12.1 Å². The molecule has 66 valence electrons. The molecule has 1 nitrogen and oxygen atoms in total. The maximum Gasteiger partial charge on any atom is 0.0322 e. The molecule has 2 rings (SSSR count). The van der Waals surface area contributed by atoms with Crippen molar-refractivity contribution in [3.63, 3.8) is 0 Å². The van der Waals surface area contributed by atoms with Gasteiger partial charge in [-0.2, -0.15) is 0 Å². The Morgan fingerprint density at radius 1 is 1.50 bits per heavy atom. The molecule has 2 aliphatic heterocycles. The van der Waals surface area contributed by atoms with Crippen LogP contribution in [0.5, 0.6) is 0 Å². The van der Waals surface area contributed by atoms with Crippen molar-refractivity contribution < 1.29 is 0 Å². The van der Waals surface area contributed by atoms with Crippen LogP contribution in [0.4, 0.5) is 0 Å². The molecule has 1 heteroatoms. The van der Waals surface area contributed by atoms with Gasteiger partial charge in [0.25, 0.3) is 0 Å². The van der Waals surface area contributed by atoms with Gasteiger partial charge in [0, 0.05) is 12.1 Å². The fourth-order valence-electron chi connectivity index (χ4n) is 2.35. The number of fused-ring (bicyclic) bond motifs is 2. The lowest BCUT2D eigenvalue weighted by Crippen LogP contribution is -2.29. The number of hydrogen-bond acceptors (Lipinski definition) is 1. The predicted octanol–water partition coefficient (Wildman–Crippen LogP) is 2.40. The molecular formula is C11H17N. The van der Waals surface area contributed by atoms with Crippen molar-refractivity contribution in [2.75, 3.05) is 0 Å². The summed E-state index contributed by atoms with van der Waals surface area (Å²) in [5.74, 6) is 0. The van der Waals surface area contributed by atoms with Gasteiger partial charge in [0.1, 0.15) is 0 Å². The van der Waals surface area contributed by atoms with Crippen LogP contribution in [0.25, 0.3) is 0 Å². The van der Waals surface area contributed by atoms with Crippen molar-refractivity contribution in [3.05, 3.63) is 23.8 Å². The standard InChI is InChI=1S/C11H17N/c1-8(2)10-5-3-4-9-6-7-11(10)12-9/h5,9,11-12H,1,3-4,6-7H2,2H3. The number of rotatable bonds is 1. The lowest BCUT2D eigenvalue weighted by Gasteiger charge is -2.14. The van der Waals surface area contributed by atoms with Gasteiger partial charge >= 0.3 is 0 Å². The van der Waals surface area contributed by atoms with Crippen molar-refractivity contribution in [2.24, 2.45) is 0 Å². The minimum Gasteiger partial charge on any atom is -0.307 e. The molecule has 2 unspecified atom stereocenters. The summed E-state index contributed by atoms with van der Waals surface area (Å²) in [6.45, 7) is 6.15. The van der Waals surface area contributed by atoms with E-state index in [9.17, 15) is 0 Å². The molecule has 0 aromatic rings. The van der Waals surface area contributed by atoms with E-state index >= 15 is 0 Å². The van der Waals surface area contributed by atoms with Gasteiger partial charge in [0.05, 0.1) is 0 Å². The Morgan fingerprint density at radius 2 is 2.33 bits per heavy atom. The van der Waals surface area contributed by atoms with E-state index in [0.717, 1.165) is 6.04 Å². The van der Waals surface area contributed by atoms with E-state index in [2.05, 4.69) is 24.9 Å². The highest BCUT2D eigenvalue weighted by atomic mass is 15.0. The molecule has 2 bridgehead atoms. The highest BCUT2D eigenvalue weighted by molar-refractivity contribution is 5.33. The molecule has 1 N–H and O–H groups in total. The van der Waals surface area contributed by atoms with E-state index in [1.54, 1.807) is 0 Å². The van der Waals surface area contributed by atoms with Crippen molar-refractivity contribution in [1.82, 2.24) is 5.32 Å². The smallest absolute Gasteiger partial charge is 0.0322 e. The van der Waals surface area contributed by atoms with E-state index < -0.39 is 0 Å². The third kappa shape index (κ3) is 1.34. The van der Waals surface area contributed by atoms with Gasteiger partial charge < -0.3 is 5.32 Å². The average molecular weight is 163 g/mol. The van der Waals surface area contributed by atoms with Gasteiger partial charge in [-0.3, -0.25) is 0 Å². The molecule has 0 spiro atoms. The summed E-state index contributed by atoms with van der Waals surface area (Å²) in [6, 6.07) is 1.40. The zero-order chi connectivity index (χ0) is 8.55. The maximum atomic E-state index is 4.03. The number of hydrogen-bond donors (Lipinski definition) is 1. The topological polar surface area (TPSA) is 12.0 Å². The van der Waals surface area contributed by atoms with E-state index in [-0.39, 0.29) is 0 Å². The van der Waals surface area contributed by atoms with Crippen molar-refractivity contribution in [1.29, 1.82) is 0 Å². The van der Waals surface area contributed by atoms with Gasteiger partial charge in [-0.1, -0.05) is 18.2 Å². The first-order valence-electron chi connectivity index (χ1n) is 4.89. The molecule has 1 saturated heterocycles. The van der Waals surface area contributed by atoms with Gasteiger partial charge in [-0.05, 0) is 38.2 Å². The molecule has 0 radical (unpaired) electrons. The zero-order valence-electron chi connectivity index (χ0n) is 7.77. The Bertz CT molecular complexity index is 227. The first kappa shape index (κ1) is 8.06. The SMILES string of the molecule is C=C(C)C1=CCCC2CCC1N2. The fraction of sp³-hybridized carbons (Fsp3) is 0.636. The minimum absolute atomic E-state index is 0.620. The van der Waals surface area contributed by atoms with Crippen LogP contribution in [-0.2, 0) is 0 Å². The first-order valence-corrected chi connectivity index (χ1v) is 4.89. The fourth-order valence-corrected chi connectivity index (χ4v) is 2.35. The molecule has 0 aromatic heterocycles. The quantitative estimate of drug-likeness (QED) is 0.626. The van der Waals surface area contributed by atoms with Gasteiger partial charge in [0.15, 0.2) is 0 Å². The third-order valence-electron chi connectivity index (χ3n) is 2.99. The van der Waals surface area contributed by atoms with Crippen molar-refractivity contribution >= 4 is 0 Å². The lowest BCUT2D eigenvalue weighted by atomic mass is 9.96. The largest absolute Gasteiger partial charge is 0.307 e. The molecule has 2 heterocycles. The molecular weight excluding hydrogens is 146 g/mol. The summed E-state index contributed by atoms with van der Waals surface area (Å²) in [5.41, 5.74) is 2.71. The van der Waals surface area contributed by atoms with Crippen LogP contribution in [0.3, 0.4) is 0 Å². The van der Waals surface area contributed by atoms with Crippen molar-refractivity contribution in [2.45, 2.75) is 44.7 Å². The number of allylic oxidation sites excluding steroid dienone is 1. The summed E-state index contributed by atoms with van der Waals surface area (Å²) in [6.07, 6.45) is 7.58. The summed E-state index contributed by atoms with van der Waals surface area (Å²) in [7, 11) is 0. The van der Waals surface area contributed by atoms with Crippen LogP contribution in [0.2, 0.25) is 0 Å². The van der Waals surface area contributed by atoms with Crippen molar-refractivity contribution in [3.8, 4) is 0 Å². The highest BCUT2D eigenvalue weighted by Gasteiger charge is 2.27. The zero-order valence-corrected chi connectivity index (χ0v) is 7.77. The molecule has 0 amide bonds. The van der Waals surface area contributed by atoms with Crippen LogP contribution in [0.1, 0.15) is 32.6 Å². The molecule has 0 saturated carbocycles. The van der Waals surface area contributed by atoms with Gasteiger partial charge in [-0.15, -0.1) is 0 Å². The van der Waals surface area contributed by atoms with Gasteiger partial charge in [0.2, 0.25) is 0 Å². The molecule has 1 fully saturated rings. The Hall–Kier alpha value is -0.560. The molecule has 12 heavy (non-hydrogen) atoms. The van der Waals surface area contributed by atoms with Crippen LogP contribution < -0.4 is 5.32 Å². The van der Waals surface area contributed by atoms with Crippen LogP contribution in [0.15, 0.2) is 23.8 Å². The maximum absolute atomic E-state index is 4.03. The van der Waals surface area contributed by atoms with Crippen LogP contribution >= 0.6 is 0 Å². The minimum atomic E-state index is 0.620. The average Bonchev–Trinajstić information content (AvgIpc) is 2.30. The summed E-state index contributed by atoms with van der Waals surface area (Å²) in [5, 5.41) is 3.66. The molecule has 0 aliphatic carbocycles. The summed E-state index contributed by atoms with van der Waals surface area (Å²) in [4.78, 5) is 0. The Balaban J connectivity index is 2.20. The lowest BCUT2D eigenvalue weighted by molar-refractivity contribution is 0.555. The molecule has 2 aliphatic rings. The summed E-state index contributed by atoms with van der Waals surface area (Å²) >= 11 is 0. The van der Waals surface area contributed by atoms with Crippen LogP contribution in [0, 0.1) is 0 Å². The third-order valence-corrected chi connectivity index (χ3v) is 2.99. The molecule has 0 aromatic carbocycles. The summed E-state index contributed by atoms with van der Waals surface area (Å²) < 4.78 is 0. The molecule has 2 atom stereocenters. The highest BCUT2D eigenvalue weighted by Crippen LogP contribution is 2.28. The Labute approximate surface area is 74.5 Å². The second-order valence-corrected chi connectivity index (χ2v) is 4.01. The normalized spacial score (nSPS) is 34.2. The Kier molecular flexibility index (Phi) is 2.05. The van der Waals surface area contributed by atoms with E-state index in [4.69, 9.17) is 0 Å². The van der Waals surface area contributed by atoms with Gasteiger partial charge in [-0.25, -0.2) is 0 Å². The second-order valence-electron chi connectivity index (χ2n) is 4.01. The second kappa shape index (κ2) is 3.06. The first-order chi connectivity index (χ1) is 5.77. The Morgan fingerprint density at radius 3 is 3.08 bits per heavy atom.